The summed E-state index contributed by atoms with van der Waals surface area (Å²) in [6.07, 6.45) is 3.08. The third kappa shape index (κ3) is 2.74. The number of halogens is 1. The first-order valence-corrected chi connectivity index (χ1v) is 4.97. The van der Waals surface area contributed by atoms with E-state index in [4.69, 9.17) is 0 Å². The molecule has 0 radical (unpaired) electrons. The zero-order valence-corrected chi connectivity index (χ0v) is 8.25. The van der Waals surface area contributed by atoms with Gasteiger partial charge in [-0.2, -0.15) is 0 Å². The number of rotatable bonds is 4. The quantitative estimate of drug-likeness (QED) is 0.585. The summed E-state index contributed by atoms with van der Waals surface area (Å²) in [7, 11) is 0. The zero-order valence-electron chi connectivity index (χ0n) is 6.66. The van der Waals surface area contributed by atoms with Crippen molar-refractivity contribution >= 4 is 21.7 Å². The van der Waals surface area contributed by atoms with Gasteiger partial charge in [0.05, 0.1) is 0 Å². The molecule has 2 nitrogen and oxygen atoms in total. The van der Waals surface area contributed by atoms with E-state index in [0.717, 1.165) is 11.8 Å². The Morgan fingerprint density at radius 3 is 2.92 bits per heavy atom. The molecule has 1 aromatic rings. The summed E-state index contributed by atoms with van der Waals surface area (Å²) < 4.78 is 0. The highest BCUT2D eigenvalue weighted by Crippen LogP contribution is 2.02. The number of Topliss-reactive ketones (excluding diaryl/α,β-unsaturated/α-hetero) is 1. The number of pyridine rings is 1. The van der Waals surface area contributed by atoms with E-state index in [1.165, 1.54) is 0 Å². The summed E-state index contributed by atoms with van der Waals surface area (Å²) in [6.45, 7) is 0. The first-order valence-electron chi connectivity index (χ1n) is 3.85. The summed E-state index contributed by atoms with van der Waals surface area (Å²) in [6, 6.07) is 5.38. The highest BCUT2D eigenvalue weighted by molar-refractivity contribution is 9.09. The summed E-state index contributed by atoms with van der Waals surface area (Å²) in [5.74, 6) is 0.120. The Hall–Kier alpha value is -0.700. The van der Waals surface area contributed by atoms with Crippen molar-refractivity contribution in [2.45, 2.75) is 12.8 Å². The second-order valence-electron chi connectivity index (χ2n) is 2.43. The van der Waals surface area contributed by atoms with Crippen LogP contribution in [0, 0.1) is 0 Å². The molecule has 0 bridgehead atoms. The number of aromatic nitrogens is 1. The Bertz CT molecular complexity index is 248. The van der Waals surface area contributed by atoms with Crippen LogP contribution < -0.4 is 0 Å². The molecule has 3 heteroatoms. The summed E-state index contributed by atoms with van der Waals surface area (Å²) in [5.41, 5.74) is 0.568. The standard InChI is InChI=1S/C9H10BrNO/c10-6-3-5-9(12)8-4-1-2-7-11-8/h1-2,4,7H,3,5-6H2. The molecule has 0 aromatic carbocycles. The number of alkyl halides is 1. The summed E-state index contributed by atoms with van der Waals surface area (Å²) in [5, 5.41) is 0.867. The fraction of sp³-hybridized carbons (Fsp3) is 0.333. The fourth-order valence-electron chi connectivity index (χ4n) is 0.883. The highest BCUT2D eigenvalue weighted by Gasteiger charge is 2.04. The maximum atomic E-state index is 11.3. The fourth-order valence-corrected chi connectivity index (χ4v) is 1.16. The van der Waals surface area contributed by atoms with Crippen LogP contribution in [-0.4, -0.2) is 16.1 Å². The molecule has 0 fully saturated rings. The van der Waals surface area contributed by atoms with E-state index < -0.39 is 0 Å². The highest BCUT2D eigenvalue weighted by atomic mass is 79.9. The van der Waals surface area contributed by atoms with E-state index in [9.17, 15) is 4.79 Å². The van der Waals surface area contributed by atoms with Gasteiger partial charge in [-0.3, -0.25) is 9.78 Å². The van der Waals surface area contributed by atoms with Crippen LogP contribution in [0.3, 0.4) is 0 Å². The number of hydrogen-bond acceptors (Lipinski definition) is 2. The van der Waals surface area contributed by atoms with Crippen LogP contribution in [0.2, 0.25) is 0 Å². The van der Waals surface area contributed by atoms with Gasteiger partial charge in [-0.05, 0) is 18.6 Å². The monoisotopic (exact) mass is 227 g/mol. The minimum atomic E-state index is 0.120. The molecule has 1 rings (SSSR count). The minimum Gasteiger partial charge on any atom is -0.292 e. The first kappa shape index (κ1) is 9.39. The van der Waals surface area contributed by atoms with Crippen molar-refractivity contribution < 1.29 is 4.79 Å². The Balaban J connectivity index is 2.54. The Kier molecular flexibility index (Phi) is 3.94. The van der Waals surface area contributed by atoms with Gasteiger partial charge in [-0.25, -0.2) is 0 Å². The van der Waals surface area contributed by atoms with Crippen LogP contribution in [0.15, 0.2) is 24.4 Å². The number of hydrogen-bond donors (Lipinski definition) is 0. The van der Waals surface area contributed by atoms with Crippen molar-refractivity contribution in [3.63, 3.8) is 0 Å². The third-order valence-electron chi connectivity index (χ3n) is 1.49. The molecule has 0 aliphatic carbocycles. The molecule has 0 amide bonds. The second kappa shape index (κ2) is 5.04. The van der Waals surface area contributed by atoms with Crippen LogP contribution in [0.4, 0.5) is 0 Å². The number of ketones is 1. The largest absolute Gasteiger partial charge is 0.292 e. The van der Waals surface area contributed by atoms with Crippen molar-refractivity contribution in [1.29, 1.82) is 0 Å². The van der Waals surface area contributed by atoms with Gasteiger partial charge < -0.3 is 0 Å². The van der Waals surface area contributed by atoms with E-state index >= 15 is 0 Å². The second-order valence-corrected chi connectivity index (χ2v) is 3.22. The Labute approximate surface area is 80.1 Å². The van der Waals surface area contributed by atoms with E-state index in [0.29, 0.717) is 12.1 Å². The smallest absolute Gasteiger partial charge is 0.181 e. The predicted molar refractivity (Wildman–Crippen MR) is 51.6 cm³/mol. The van der Waals surface area contributed by atoms with Gasteiger partial charge >= 0.3 is 0 Å². The van der Waals surface area contributed by atoms with E-state index in [1.54, 1.807) is 18.3 Å². The van der Waals surface area contributed by atoms with Gasteiger partial charge in [0, 0.05) is 17.9 Å². The minimum absolute atomic E-state index is 0.120. The van der Waals surface area contributed by atoms with Crippen molar-refractivity contribution in [3.8, 4) is 0 Å². The van der Waals surface area contributed by atoms with Crippen molar-refractivity contribution in [2.75, 3.05) is 5.33 Å². The van der Waals surface area contributed by atoms with Crippen molar-refractivity contribution in [3.05, 3.63) is 30.1 Å². The lowest BCUT2D eigenvalue weighted by atomic mass is 10.2. The van der Waals surface area contributed by atoms with Crippen molar-refractivity contribution in [2.24, 2.45) is 0 Å². The third-order valence-corrected chi connectivity index (χ3v) is 2.05. The molecule has 0 unspecified atom stereocenters. The van der Waals surface area contributed by atoms with Gasteiger partial charge in [0.2, 0.25) is 0 Å². The van der Waals surface area contributed by atoms with Crippen LogP contribution in [0.25, 0.3) is 0 Å². The van der Waals surface area contributed by atoms with Gasteiger partial charge in [0.1, 0.15) is 5.69 Å². The van der Waals surface area contributed by atoms with Gasteiger partial charge in [-0.15, -0.1) is 0 Å². The molecule has 0 aliphatic rings. The molecular formula is C9H10BrNO. The average Bonchev–Trinajstić information content (AvgIpc) is 2.15. The normalized spacial score (nSPS) is 9.75. The average molecular weight is 228 g/mol. The Morgan fingerprint density at radius 1 is 1.50 bits per heavy atom. The number of carbonyl (C=O) groups excluding carboxylic acids is 1. The van der Waals surface area contributed by atoms with Crippen LogP contribution in [0.1, 0.15) is 23.3 Å². The molecule has 64 valence electrons. The molecule has 0 N–H and O–H groups in total. The predicted octanol–water partition coefficient (Wildman–Crippen LogP) is 2.44. The SMILES string of the molecule is O=C(CCCBr)c1ccccn1. The van der Waals surface area contributed by atoms with E-state index in [-0.39, 0.29) is 5.78 Å². The van der Waals surface area contributed by atoms with E-state index in [1.807, 2.05) is 6.07 Å². The van der Waals surface area contributed by atoms with Crippen LogP contribution >= 0.6 is 15.9 Å². The molecule has 0 atom stereocenters. The Morgan fingerprint density at radius 2 is 2.33 bits per heavy atom. The molecule has 1 aromatic heterocycles. The number of nitrogens with zero attached hydrogens (tertiary/aromatic N) is 1. The van der Waals surface area contributed by atoms with E-state index in [2.05, 4.69) is 20.9 Å². The lowest BCUT2D eigenvalue weighted by Gasteiger charge is -1.96. The lowest BCUT2D eigenvalue weighted by molar-refractivity contribution is 0.0977. The van der Waals surface area contributed by atoms with Gasteiger partial charge in [0.25, 0.3) is 0 Å². The zero-order chi connectivity index (χ0) is 8.81. The van der Waals surface area contributed by atoms with Gasteiger partial charge in [0.15, 0.2) is 5.78 Å². The molecule has 1 heterocycles. The maximum Gasteiger partial charge on any atom is 0.181 e. The molecule has 0 aliphatic heterocycles. The topological polar surface area (TPSA) is 30.0 Å². The first-order chi connectivity index (χ1) is 5.84. The number of carbonyl (C=O) groups is 1. The van der Waals surface area contributed by atoms with Crippen LogP contribution in [-0.2, 0) is 0 Å². The maximum absolute atomic E-state index is 11.3. The molecule has 0 spiro atoms. The molecule has 12 heavy (non-hydrogen) atoms. The molecule has 0 saturated carbocycles. The molecule has 0 saturated heterocycles. The summed E-state index contributed by atoms with van der Waals surface area (Å²) >= 11 is 3.28. The van der Waals surface area contributed by atoms with Gasteiger partial charge in [-0.1, -0.05) is 22.0 Å². The van der Waals surface area contributed by atoms with Crippen LogP contribution in [0.5, 0.6) is 0 Å². The lowest BCUT2D eigenvalue weighted by Crippen LogP contribution is -2.01. The summed E-state index contributed by atoms with van der Waals surface area (Å²) in [4.78, 5) is 15.3. The molecular weight excluding hydrogens is 218 g/mol. The van der Waals surface area contributed by atoms with Crippen molar-refractivity contribution in [1.82, 2.24) is 4.98 Å².